The molecule has 0 saturated heterocycles. The first-order valence-corrected chi connectivity index (χ1v) is 18.1. The van der Waals surface area contributed by atoms with Crippen molar-refractivity contribution in [1.82, 2.24) is 0 Å². The van der Waals surface area contributed by atoms with Crippen molar-refractivity contribution in [2.45, 2.75) is 20.3 Å². The summed E-state index contributed by atoms with van der Waals surface area (Å²) in [6, 6.07) is 57.2. The zero-order valence-corrected chi connectivity index (χ0v) is 29.7. The molecule has 0 aliphatic carbocycles. The molecule has 3 nitrogen and oxygen atoms in total. The van der Waals surface area contributed by atoms with Crippen molar-refractivity contribution in [2.75, 3.05) is 0 Å². The summed E-state index contributed by atoms with van der Waals surface area (Å²) >= 11 is 0. The summed E-state index contributed by atoms with van der Waals surface area (Å²) in [6.45, 7) is 4.23. The van der Waals surface area contributed by atoms with Gasteiger partial charge in [-0.2, -0.15) is 0 Å². The van der Waals surface area contributed by atoms with Gasteiger partial charge in [0.15, 0.2) is 0 Å². The molecule has 0 fully saturated rings. The zero-order chi connectivity index (χ0) is 35.7. The minimum absolute atomic E-state index is 0.633. The summed E-state index contributed by atoms with van der Waals surface area (Å²) < 4.78 is 12.8. The van der Waals surface area contributed by atoms with Gasteiger partial charge in [-0.25, -0.2) is 0 Å². The Kier molecular flexibility index (Phi) is 8.38. The van der Waals surface area contributed by atoms with E-state index in [0.717, 1.165) is 77.5 Å². The van der Waals surface area contributed by atoms with Crippen LogP contribution in [-0.2, 0) is 0 Å². The minimum atomic E-state index is 0.633. The molecule has 0 bridgehead atoms. The van der Waals surface area contributed by atoms with E-state index in [4.69, 9.17) is 13.8 Å². The highest BCUT2D eigenvalue weighted by molar-refractivity contribution is 6.14. The number of aliphatic imine (C=N–C) groups is 1. The first-order chi connectivity index (χ1) is 26.1. The Morgan fingerprint density at radius 3 is 1.81 bits per heavy atom. The number of fused-ring (bicyclic) bond motifs is 6. The van der Waals surface area contributed by atoms with Gasteiger partial charge in [-0.1, -0.05) is 140 Å². The van der Waals surface area contributed by atoms with Crippen molar-refractivity contribution in [2.24, 2.45) is 4.99 Å². The molecule has 0 amide bonds. The Bertz CT molecular complexity index is 2850. The van der Waals surface area contributed by atoms with Gasteiger partial charge in [0, 0.05) is 39.1 Å². The summed E-state index contributed by atoms with van der Waals surface area (Å²) in [6.07, 6.45) is 5.01. The van der Waals surface area contributed by atoms with E-state index in [0.29, 0.717) is 6.42 Å². The van der Waals surface area contributed by atoms with E-state index in [9.17, 15) is 0 Å². The van der Waals surface area contributed by atoms with Gasteiger partial charge >= 0.3 is 0 Å². The Hall–Kier alpha value is -6.71. The topological polar surface area (TPSA) is 38.6 Å². The second-order valence-electron chi connectivity index (χ2n) is 13.4. The van der Waals surface area contributed by atoms with Crippen LogP contribution in [0.2, 0.25) is 0 Å². The van der Waals surface area contributed by atoms with E-state index in [2.05, 4.69) is 159 Å². The van der Waals surface area contributed by atoms with Crippen molar-refractivity contribution >= 4 is 60.9 Å². The molecule has 0 saturated carbocycles. The lowest BCUT2D eigenvalue weighted by molar-refractivity contribution is 0.668. The summed E-state index contributed by atoms with van der Waals surface area (Å²) in [7, 11) is 0. The monoisotopic (exact) mass is 683 g/mol. The van der Waals surface area contributed by atoms with Gasteiger partial charge in [0.1, 0.15) is 22.3 Å². The molecule has 3 heteroatoms. The molecular formula is C50H37NO2. The maximum atomic E-state index is 6.48. The predicted molar refractivity (Wildman–Crippen MR) is 223 cm³/mol. The van der Waals surface area contributed by atoms with Gasteiger partial charge in [0.25, 0.3) is 0 Å². The van der Waals surface area contributed by atoms with Gasteiger partial charge in [-0.05, 0) is 83.6 Å². The first-order valence-electron chi connectivity index (χ1n) is 18.1. The number of hydrogen-bond donors (Lipinski definition) is 0. The van der Waals surface area contributed by atoms with Crippen LogP contribution in [0.5, 0.6) is 0 Å². The van der Waals surface area contributed by atoms with Gasteiger partial charge in [0.2, 0.25) is 0 Å². The Labute approximate surface area is 308 Å². The number of furan rings is 2. The lowest BCUT2D eigenvalue weighted by atomic mass is 9.95. The SMILES string of the molecule is C/C=C(/N=C(C/C=C(\C)c1ccc(-c2ccccc2)cc1)c1ccc2c(c1)oc1ccccc12)c1cc(-c2ccccc2)c2c(c1)oc1ccccc12. The average molecular weight is 684 g/mol. The number of allylic oxidation sites excluding steroid dienone is 3. The predicted octanol–water partition coefficient (Wildman–Crippen LogP) is 14.2. The smallest absolute Gasteiger partial charge is 0.136 e. The van der Waals surface area contributed by atoms with Gasteiger partial charge in [-0.3, -0.25) is 4.99 Å². The largest absolute Gasteiger partial charge is 0.456 e. The summed E-state index contributed by atoms with van der Waals surface area (Å²) in [5, 5.41) is 4.44. The van der Waals surface area contributed by atoms with Crippen molar-refractivity contribution in [3.63, 3.8) is 0 Å². The van der Waals surface area contributed by atoms with Crippen LogP contribution in [0.3, 0.4) is 0 Å². The molecular weight excluding hydrogens is 647 g/mol. The number of nitrogens with zero attached hydrogens (tertiary/aromatic N) is 1. The number of rotatable bonds is 8. The normalized spacial score (nSPS) is 12.8. The fourth-order valence-electron chi connectivity index (χ4n) is 7.35. The summed E-state index contributed by atoms with van der Waals surface area (Å²) in [5.74, 6) is 0. The molecule has 0 spiro atoms. The molecule has 53 heavy (non-hydrogen) atoms. The maximum Gasteiger partial charge on any atom is 0.136 e. The summed E-state index contributed by atoms with van der Waals surface area (Å²) in [4.78, 5) is 5.46. The van der Waals surface area contributed by atoms with Crippen LogP contribution >= 0.6 is 0 Å². The maximum absolute atomic E-state index is 6.48. The first kappa shape index (κ1) is 32.2. The molecule has 2 aromatic heterocycles. The molecule has 7 aromatic carbocycles. The third kappa shape index (κ3) is 6.17. The molecule has 0 aliphatic heterocycles. The van der Waals surface area contributed by atoms with E-state index in [-0.39, 0.29) is 0 Å². The van der Waals surface area contributed by atoms with E-state index in [1.165, 1.54) is 22.3 Å². The number of hydrogen-bond acceptors (Lipinski definition) is 3. The lowest BCUT2D eigenvalue weighted by Crippen LogP contribution is -2.01. The molecule has 254 valence electrons. The fraction of sp³-hybridized carbons (Fsp3) is 0.0600. The van der Waals surface area contributed by atoms with Crippen molar-refractivity contribution < 1.29 is 8.83 Å². The van der Waals surface area contributed by atoms with Crippen LogP contribution in [0, 0.1) is 0 Å². The van der Waals surface area contributed by atoms with Crippen molar-refractivity contribution in [3.05, 3.63) is 193 Å². The molecule has 9 aromatic rings. The van der Waals surface area contributed by atoms with E-state index in [1.54, 1.807) is 0 Å². The summed E-state index contributed by atoms with van der Waals surface area (Å²) in [5.41, 5.74) is 14.4. The van der Waals surface area contributed by atoms with Crippen LogP contribution in [0.1, 0.15) is 37.0 Å². The molecule has 0 aliphatic rings. The lowest BCUT2D eigenvalue weighted by Gasteiger charge is -2.12. The van der Waals surface area contributed by atoms with Crippen LogP contribution in [0.15, 0.2) is 190 Å². The number of benzene rings is 7. The quantitative estimate of drug-likeness (QED) is 0.150. The second-order valence-corrected chi connectivity index (χ2v) is 13.4. The molecule has 0 radical (unpaired) electrons. The highest BCUT2D eigenvalue weighted by Gasteiger charge is 2.17. The van der Waals surface area contributed by atoms with Gasteiger partial charge in [0.05, 0.1) is 11.4 Å². The van der Waals surface area contributed by atoms with Crippen LogP contribution in [-0.4, -0.2) is 5.71 Å². The van der Waals surface area contributed by atoms with E-state index >= 15 is 0 Å². The zero-order valence-electron chi connectivity index (χ0n) is 29.7. The Balaban J connectivity index is 1.15. The highest BCUT2D eigenvalue weighted by Crippen LogP contribution is 2.39. The third-order valence-corrected chi connectivity index (χ3v) is 10.1. The Morgan fingerprint density at radius 1 is 0.509 bits per heavy atom. The fourth-order valence-corrected chi connectivity index (χ4v) is 7.35. The van der Waals surface area contributed by atoms with Crippen LogP contribution in [0.4, 0.5) is 0 Å². The highest BCUT2D eigenvalue weighted by atomic mass is 16.3. The van der Waals surface area contributed by atoms with Crippen LogP contribution < -0.4 is 0 Å². The van der Waals surface area contributed by atoms with Gasteiger partial charge < -0.3 is 8.83 Å². The van der Waals surface area contributed by atoms with Crippen molar-refractivity contribution in [3.8, 4) is 22.3 Å². The second kappa shape index (κ2) is 13.8. The van der Waals surface area contributed by atoms with Gasteiger partial charge in [-0.15, -0.1) is 0 Å². The minimum Gasteiger partial charge on any atom is -0.456 e. The van der Waals surface area contributed by atoms with Crippen molar-refractivity contribution in [1.29, 1.82) is 0 Å². The molecule has 2 heterocycles. The molecule has 9 rings (SSSR count). The number of para-hydroxylation sites is 2. The third-order valence-electron chi connectivity index (χ3n) is 10.1. The molecule has 0 atom stereocenters. The Morgan fingerprint density at radius 2 is 1.08 bits per heavy atom. The van der Waals surface area contributed by atoms with E-state index in [1.807, 2.05) is 30.3 Å². The van der Waals surface area contributed by atoms with E-state index < -0.39 is 0 Å². The van der Waals surface area contributed by atoms with Crippen LogP contribution in [0.25, 0.3) is 77.4 Å². The molecule has 0 unspecified atom stereocenters. The molecule has 0 N–H and O–H groups in total. The standard InChI is InChI=1S/C50H37NO2/c1-3-44(39-30-43(37-16-8-5-9-17-37)50-42-19-11-13-21-47(42)53-49(50)32-39)51-45(38-27-28-41-40-18-10-12-20-46(40)52-48(41)31-38)29-22-33(2)34-23-25-36(26-24-34)35-14-6-4-7-15-35/h3-28,30-32H,29H2,1-2H3/b33-22+,44-3+,51-45?. The average Bonchev–Trinajstić information content (AvgIpc) is 3.79.